The predicted octanol–water partition coefficient (Wildman–Crippen LogP) is 2.83. The van der Waals surface area contributed by atoms with Gasteiger partial charge < -0.3 is 5.11 Å². The van der Waals surface area contributed by atoms with Gasteiger partial charge in [-0.3, -0.25) is 14.4 Å². The van der Waals surface area contributed by atoms with E-state index in [0.717, 1.165) is 4.90 Å². The number of aryl methyl sites for hydroxylation is 1. The van der Waals surface area contributed by atoms with E-state index >= 15 is 0 Å². The zero-order valence-corrected chi connectivity index (χ0v) is 15.9. The van der Waals surface area contributed by atoms with Gasteiger partial charge in [-0.25, -0.2) is 9.69 Å². The van der Waals surface area contributed by atoms with E-state index in [0.29, 0.717) is 11.4 Å². The number of aromatic nitrogens is 2. The van der Waals surface area contributed by atoms with Gasteiger partial charge in [0.15, 0.2) is 5.78 Å². The quantitative estimate of drug-likeness (QED) is 0.510. The van der Waals surface area contributed by atoms with Crippen LogP contribution in [0.5, 0.6) is 0 Å². The number of imide groups is 1. The first-order valence-corrected chi connectivity index (χ1v) is 9.45. The average molecular weight is 407 g/mol. The van der Waals surface area contributed by atoms with Crippen molar-refractivity contribution in [3.8, 4) is 0 Å². The van der Waals surface area contributed by atoms with Crippen molar-refractivity contribution in [1.82, 2.24) is 10.2 Å². The number of aromatic carboxylic acids is 1. The topological polar surface area (TPSA) is 118 Å². The normalized spacial score (nSPS) is 12.9. The van der Waals surface area contributed by atoms with Crippen molar-refractivity contribution >= 4 is 40.0 Å². The fourth-order valence-corrected chi connectivity index (χ4v) is 3.74. The van der Waals surface area contributed by atoms with Crippen molar-refractivity contribution in [2.24, 2.45) is 0 Å². The molecular weight excluding hydrogens is 394 g/mol. The number of nitrogens with zero attached hydrogens (tertiary/aromatic N) is 3. The molecule has 0 radical (unpaired) electrons. The highest BCUT2D eigenvalue weighted by Gasteiger charge is 2.39. The standard InChI is InChI=1S/C20H13N3O5S/c1-2-15-21-22-20(29-15)23-17(25)13-8-7-12(9-14(13)18(23)26)16(24)10-3-5-11(6-4-10)19(27)28/h3-9H,2H2,1H3,(H,27,28). The summed E-state index contributed by atoms with van der Waals surface area (Å²) in [7, 11) is 0. The second-order valence-corrected chi connectivity index (χ2v) is 7.29. The molecule has 0 spiro atoms. The third-order valence-electron chi connectivity index (χ3n) is 4.49. The van der Waals surface area contributed by atoms with Gasteiger partial charge >= 0.3 is 5.97 Å². The number of carboxylic acids is 1. The Balaban J connectivity index is 1.66. The van der Waals surface area contributed by atoms with Crippen LogP contribution in [0.15, 0.2) is 42.5 Å². The lowest BCUT2D eigenvalue weighted by molar-refractivity contribution is 0.0695. The summed E-state index contributed by atoms with van der Waals surface area (Å²) in [6.45, 7) is 1.90. The first kappa shape index (κ1) is 18.6. The molecule has 2 amide bonds. The highest BCUT2D eigenvalue weighted by atomic mass is 32.1. The van der Waals surface area contributed by atoms with Gasteiger partial charge in [0.05, 0.1) is 16.7 Å². The molecule has 1 aromatic heterocycles. The molecule has 0 fully saturated rings. The summed E-state index contributed by atoms with van der Waals surface area (Å²) in [5.74, 6) is -2.53. The SMILES string of the molecule is CCc1nnc(N2C(=O)c3ccc(C(=O)c4ccc(C(=O)O)cc4)cc3C2=O)s1. The zero-order chi connectivity index (χ0) is 20.7. The van der Waals surface area contributed by atoms with Crippen LogP contribution in [0.4, 0.5) is 5.13 Å². The summed E-state index contributed by atoms with van der Waals surface area (Å²) in [5, 5.41) is 17.7. The number of ketones is 1. The van der Waals surface area contributed by atoms with Gasteiger partial charge in [0.1, 0.15) is 5.01 Å². The molecule has 0 saturated heterocycles. The minimum atomic E-state index is -1.09. The first-order valence-electron chi connectivity index (χ1n) is 8.64. The van der Waals surface area contributed by atoms with Crippen LogP contribution in [0, 0.1) is 0 Å². The number of anilines is 1. The zero-order valence-electron chi connectivity index (χ0n) is 15.1. The van der Waals surface area contributed by atoms with E-state index in [4.69, 9.17) is 5.11 Å². The maximum atomic E-state index is 12.8. The van der Waals surface area contributed by atoms with Crippen LogP contribution in [0.25, 0.3) is 0 Å². The van der Waals surface area contributed by atoms with Gasteiger partial charge in [-0.15, -0.1) is 10.2 Å². The monoisotopic (exact) mass is 407 g/mol. The molecule has 3 aromatic rings. The molecular formula is C20H13N3O5S. The Morgan fingerprint density at radius 1 is 0.931 bits per heavy atom. The van der Waals surface area contributed by atoms with Gasteiger partial charge in [-0.05, 0) is 30.7 Å². The number of rotatable bonds is 5. The Labute approximate surface area is 168 Å². The van der Waals surface area contributed by atoms with Crippen LogP contribution < -0.4 is 4.90 Å². The van der Waals surface area contributed by atoms with E-state index < -0.39 is 17.8 Å². The summed E-state index contributed by atoms with van der Waals surface area (Å²) < 4.78 is 0. The van der Waals surface area contributed by atoms with Crippen molar-refractivity contribution < 1.29 is 24.3 Å². The third kappa shape index (κ3) is 3.11. The summed E-state index contributed by atoms with van der Waals surface area (Å²) in [6.07, 6.45) is 0.639. The highest BCUT2D eigenvalue weighted by Crippen LogP contribution is 2.31. The summed E-state index contributed by atoms with van der Waals surface area (Å²) in [4.78, 5) is 50.1. The van der Waals surface area contributed by atoms with Crippen molar-refractivity contribution in [3.05, 3.63) is 75.3 Å². The minimum absolute atomic E-state index is 0.0652. The summed E-state index contributed by atoms with van der Waals surface area (Å²) in [6, 6.07) is 9.78. The highest BCUT2D eigenvalue weighted by molar-refractivity contribution is 7.15. The van der Waals surface area contributed by atoms with Crippen LogP contribution in [0.2, 0.25) is 0 Å². The van der Waals surface area contributed by atoms with E-state index in [2.05, 4.69) is 10.2 Å². The molecule has 0 aliphatic carbocycles. The number of amides is 2. The Bertz CT molecular complexity index is 1180. The van der Waals surface area contributed by atoms with Crippen molar-refractivity contribution in [2.45, 2.75) is 13.3 Å². The van der Waals surface area contributed by atoms with Crippen molar-refractivity contribution in [1.29, 1.82) is 0 Å². The Morgan fingerprint density at radius 2 is 1.55 bits per heavy atom. The molecule has 144 valence electrons. The van der Waals surface area contributed by atoms with E-state index in [1.165, 1.54) is 53.8 Å². The number of benzene rings is 2. The lowest BCUT2D eigenvalue weighted by Gasteiger charge is -2.07. The fourth-order valence-electron chi connectivity index (χ4n) is 2.96. The summed E-state index contributed by atoms with van der Waals surface area (Å²) in [5.41, 5.74) is 0.884. The molecule has 0 saturated carbocycles. The minimum Gasteiger partial charge on any atom is -0.478 e. The number of hydrogen-bond acceptors (Lipinski definition) is 7. The van der Waals surface area contributed by atoms with Crippen LogP contribution in [-0.4, -0.2) is 38.9 Å². The van der Waals surface area contributed by atoms with Gasteiger partial charge in [-0.1, -0.05) is 36.5 Å². The number of carboxylic acid groups (broad SMARTS) is 1. The molecule has 0 atom stereocenters. The van der Waals surface area contributed by atoms with E-state index in [1.54, 1.807) is 0 Å². The summed E-state index contributed by atoms with van der Waals surface area (Å²) >= 11 is 1.17. The number of hydrogen-bond donors (Lipinski definition) is 1. The van der Waals surface area contributed by atoms with E-state index in [1.807, 2.05) is 6.92 Å². The molecule has 4 rings (SSSR count). The van der Waals surface area contributed by atoms with Gasteiger partial charge in [0.25, 0.3) is 11.8 Å². The molecule has 8 nitrogen and oxygen atoms in total. The lowest BCUT2D eigenvalue weighted by atomic mass is 9.98. The van der Waals surface area contributed by atoms with Crippen LogP contribution >= 0.6 is 11.3 Å². The second kappa shape index (κ2) is 7.02. The van der Waals surface area contributed by atoms with Gasteiger partial charge in [0, 0.05) is 11.1 Å². The van der Waals surface area contributed by atoms with Gasteiger partial charge in [-0.2, -0.15) is 0 Å². The van der Waals surface area contributed by atoms with Crippen molar-refractivity contribution in [2.75, 3.05) is 4.90 Å². The molecule has 1 aliphatic rings. The van der Waals surface area contributed by atoms with E-state index in [-0.39, 0.29) is 38.7 Å². The number of carbonyl (C=O) groups is 4. The largest absolute Gasteiger partial charge is 0.478 e. The predicted molar refractivity (Wildman–Crippen MR) is 104 cm³/mol. The number of carbonyl (C=O) groups excluding carboxylic acids is 3. The number of fused-ring (bicyclic) bond motifs is 1. The van der Waals surface area contributed by atoms with Crippen molar-refractivity contribution in [3.63, 3.8) is 0 Å². The van der Waals surface area contributed by atoms with Crippen LogP contribution in [-0.2, 0) is 6.42 Å². The molecule has 29 heavy (non-hydrogen) atoms. The fraction of sp³-hybridized carbons (Fsp3) is 0.100. The molecule has 1 N–H and O–H groups in total. The second-order valence-electron chi connectivity index (χ2n) is 6.25. The maximum Gasteiger partial charge on any atom is 0.335 e. The third-order valence-corrected chi connectivity index (χ3v) is 5.55. The van der Waals surface area contributed by atoms with Crippen LogP contribution in [0.1, 0.15) is 58.9 Å². The van der Waals surface area contributed by atoms with E-state index in [9.17, 15) is 19.2 Å². The first-order chi connectivity index (χ1) is 13.9. The molecule has 0 unspecified atom stereocenters. The molecule has 2 aromatic carbocycles. The van der Waals surface area contributed by atoms with Gasteiger partial charge in [0.2, 0.25) is 5.13 Å². The Kier molecular flexibility index (Phi) is 4.51. The Morgan fingerprint density at radius 3 is 2.17 bits per heavy atom. The Hall–Kier alpha value is -3.72. The lowest BCUT2D eigenvalue weighted by Crippen LogP contribution is -2.29. The molecule has 2 heterocycles. The average Bonchev–Trinajstić information content (AvgIpc) is 3.30. The molecule has 9 heteroatoms. The van der Waals surface area contributed by atoms with Crippen LogP contribution in [0.3, 0.4) is 0 Å². The maximum absolute atomic E-state index is 12.8. The smallest absolute Gasteiger partial charge is 0.335 e. The molecule has 1 aliphatic heterocycles. The molecule has 0 bridgehead atoms.